The van der Waals surface area contributed by atoms with E-state index in [0.29, 0.717) is 24.2 Å². The molecule has 0 heterocycles. The number of rotatable bonds is 6. The van der Waals surface area contributed by atoms with Crippen LogP contribution in [0.1, 0.15) is 43.6 Å². The molecule has 0 aromatic heterocycles. The van der Waals surface area contributed by atoms with Gasteiger partial charge in [0.2, 0.25) is 0 Å². The van der Waals surface area contributed by atoms with E-state index in [4.69, 9.17) is 5.11 Å². The fourth-order valence-corrected chi connectivity index (χ4v) is 4.14. The lowest BCUT2D eigenvalue weighted by molar-refractivity contribution is -0.137. The van der Waals surface area contributed by atoms with E-state index < -0.39 is 5.97 Å². The van der Waals surface area contributed by atoms with E-state index in [2.05, 4.69) is 42.5 Å². The minimum atomic E-state index is -0.669. The molecular weight excluding hydrogens is 248 g/mol. The summed E-state index contributed by atoms with van der Waals surface area (Å²) in [5.41, 5.74) is 1.47. The van der Waals surface area contributed by atoms with E-state index >= 15 is 0 Å². The Labute approximate surface area is 120 Å². The molecule has 1 fully saturated rings. The first kappa shape index (κ1) is 13.4. The number of aliphatic carboxylic acids is 1. The molecule has 20 heavy (non-hydrogen) atoms. The van der Waals surface area contributed by atoms with E-state index in [1.54, 1.807) is 0 Å². The number of carboxylic acids is 1. The van der Waals surface area contributed by atoms with Crippen LogP contribution in [0.15, 0.2) is 42.5 Å². The molecule has 4 unspecified atom stereocenters. The molecule has 4 atom stereocenters. The highest BCUT2D eigenvalue weighted by molar-refractivity contribution is 5.66. The van der Waals surface area contributed by atoms with Crippen molar-refractivity contribution in [3.63, 3.8) is 0 Å². The number of carboxylic acid groups (broad SMARTS) is 1. The zero-order valence-electron chi connectivity index (χ0n) is 11.7. The van der Waals surface area contributed by atoms with Gasteiger partial charge in [-0.2, -0.15) is 0 Å². The molecule has 1 aromatic carbocycles. The Morgan fingerprint density at radius 1 is 1.10 bits per heavy atom. The summed E-state index contributed by atoms with van der Waals surface area (Å²) in [7, 11) is 0. The molecule has 1 N–H and O–H groups in total. The number of allylic oxidation sites excluding steroid dienone is 2. The van der Waals surface area contributed by atoms with Crippen LogP contribution in [0, 0.1) is 17.8 Å². The summed E-state index contributed by atoms with van der Waals surface area (Å²) in [5, 5.41) is 8.73. The first-order valence-corrected chi connectivity index (χ1v) is 7.71. The fourth-order valence-electron chi connectivity index (χ4n) is 4.14. The lowest BCUT2D eigenvalue weighted by Gasteiger charge is -2.28. The summed E-state index contributed by atoms with van der Waals surface area (Å²) in [6.07, 6.45) is 9.42. The topological polar surface area (TPSA) is 37.3 Å². The van der Waals surface area contributed by atoms with Crippen molar-refractivity contribution < 1.29 is 9.90 Å². The van der Waals surface area contributed by atoms with Crippen LogP contribution in [0.4, 0.5) is 0 Å². The van der Waals surface area contributed by atoms with Crippen LogP contribution in [0.3, 0.4) is 0 Å². The molecule has 1 aromatic rings. The molecular formula is C18H22O2. The quantitative estimate of drug-likeness (QED) is 0.620. The minimum absolute atomic E-state index is 0.312. The van der Waals surface area contributed by atoms with Crippen LogP contribution in [-0.4, -0.2) is 11.1 Å². The van der Waals surface area contributed by atoms with Gasteiger partial charge in [-0.15, -0.1) is 0 Å². The third-order valence-corrected chi connectivity index (χ3v) is 4.98. The number of carbonyl (C=O) groups is 1. The van der Waals surface area contributed by atoms with Gasteiger partial charge in [-0.05, 0) is 48.5 Å². The van der Waals surface area contributed by atoms with E-state index in [9.17, 15) is 4.79 Å². The average Bonchev–Trinajstić information content (AvgIpc) is 3.05. The maximum absolute atomic E-state index is 10.6. The number of hydrogen-bond donors (Lipinski definition) is 1. The van der Waals surface area contributed by atoms with Crippen LogP contribution < -0.4 is 0 Å². The summed E-state index contributed by atoms with van der Waals surface area (Å²) >= 11 is 0. The Balaban J connectivity index is 1.66. The molecule has 3 rings (SSSR count). The minimum Gasteiger partial charge on any atom is -0.481 e. The van der Waals surface area contributed by atoms with Crippen LogP contribution in [0.2, 0.25) is 0 Å². The van der Waals surface area contributed by atoms with Crippen LogP contribution >= 0.6 is 0 Å². The molecule has 0 amide bonds. The highest BCUT2D eigenvalue weighted by atomic mass is 16.4. The van der Waals surface area contributed by atoms with Crippen LogP contribution in [0.25, 0.3) is 0 Å². The Kier molecular flexibility index (Phi) is 3.90. The van der Waals surface area contributed by atoms with Gasteiger partial charge in [0.05, 0.1) is 0 Å². The first-order valence-electron chi connectivity index (χ1n) is 7.71. The molecule has 2 bridgehead atoms. The number of benzene rings is 1. The predicted octanol–water partition coefficient (Wildman–Crippen LogP) is 4.24. The normalized spacial score (nSPS) is 30.8. The van der Waals surface area contributed by atoms with Gasteiger partial charge >= 0.3 is 5.97 Å². The molecule has 1 saturated carbocycles. The van der Waals surface area contributed by atoms with Gasteiger partial charge in [-0.1, -0.05) is 48.9 Å². The molecule has 0 spiro atoms. The Hall–Kier alpha value is -1.57. The van der Waals surface area contributed by atoms with Crippen LogP contribution in [0.5, 0.6) is 0 Å². The second-order valence-electron chi connectivity index (χ2n) is 6.19. The Morgan fingerprint density at radius 3 is 2.60 bits per heavy atom. The monoisotopic (exact) mass is 270 g/mol. The second-order valence-corrected chi connectivity index (χ2v) is 6.19. The second kappa shape index (κ2) is 5.82. The highest BCUT2D eigenvalue weighted by Crippen LogP contribution is 2.54. The SMILES string of the molecule is O=C(O)CCCCC1C2C=CC(C2)C1c1ccccc1. The maximum atomic E-state index is 10.6. The van der Waals surface area contributed by atoms with Crippen molar-refractivity contribution >= 4 is 5.97 Å². The largest absolute Gasteiger partial charge is 0.481 e. The van der Waals surface area contributed by atoms with Gasteiger partial charge in [-0.3, -0.25) is 4.79 Å². The van der Waals surface area contributed by atoms with E-state index in [0.717, 1.165) is 18.8 Å². The zero-order valence-corrected chi connectivity index (χ0v) is 11.7. The lowest BCUT2D eigenvalue weighted by Crippen LogP contribution is -2.18. The van der Waals surface area contributed by atoms with E-state index in [-0.39, 0.29) is 0 Å². The van der Waals surface area contributed by atoms with Crippen molar-refractivity contribution in [2.45, 2.75) is 38.0 Å². The van der Waals surface area contributed by atoms with Gasteiger partial charge in [0, 0.05) is 6.42 Å². The third kappa shape index (κ3) is 2.65. The number of fused-ring (bicyclic) bond motifs is 2. The van der Waals surface area contributed by atoms with Crippen molar-refractivity contribution in [1.82, 2.24) is 0 Å². The highest BCUT2D eigenvalue weighted by Gasteiger charge is 2.44. The van der Waals surface area contributed by atoms with Gasteiger partial charge in [0.15, 0.2) is 0 Å². The van der Waals surface area contributed by atoms with E-state index in [1.165, 1.54) is 18.4 Å². The van der Waals surface area contributed by atoms with Gasteiger partial charge in [0.1, 0.15) is 0 Å². The van der Waals surface area contributed by atoms with Crippen molar-refractivity contribution in [3.05, 3.63) is 48.0 Å². The Bertz CT molecular complexity index is 491. The van der Waals surface area contributed by atoms with Crippen LogP contribution in [-0.2, 0) is 4.79 Å². The van der Waals surface area contributed by atoms with Gasteiger partial charge in [0.25, 0.3) is 0 Å². The van der Waals surface area contributed by atoms with Gasteiger partial charge in [-0.25, -0.2) is 0 Å². The Morgan fingerprint density at radius 2 is 1.85 bits per heavy atom. The number of unbranched alkanes of at least 4 members (excludes halogenated alkanes) is 1. The molecule has 2 nitrogen and oxygen atoms in total. The first-order chi connectivity index (χ1) is 9.75. The molecule has 0 aliphatic heterocycles. The predicted molar refractivity (Wildman–Crippen MR) is 79.5 cm³/mol. The molecule has 2 aliphatic rings. The molecule has 2 aliphatic carbocycles. The van der Waals surface area contributed by atoms with E-state index in [1.807, 2.05) is 0 Å². The summed E-state index contributed by atoms with van der Waals surface area (Å²) in [4.78, 5) is 10.6. The van der Waals surface area contributed by atoms with Crippen molar-refractivity contribution in [1.29, 1.82) is 0 Å². The van der Waals surface area contributed by atoms with Gasteiger partial charge < -0.3 is 5.11 Å². The van der Waals surface area contributed by atoms with Crippen molar-refractivity contribution in [2.75, 3.05) is 0 Å². The summed E-state index contributed by atoms with van der Waals surface area (Å²) in [6.45, 7) is 0. The lowest BCUT2D eigenvalue weighted by atomic mass is 9.76. The maximum Gasteiger partial charge on any atom is 0.303 e. The van der Waals surface area contributed by atoms with Crippen molar-refractivity contribution in [3.8, 4) is 0 Å². The summed E-state index contributed by atoms with van der Waals surface area (Å²) in [6, 6.07) is 10.8. The zero-order chi connectivity index (χ0) is 13.9. The molecule has 0 saturated heterocycles. The number of hydrogen-bond acceptors (Lipinski definition) is 1. The average molecular weight is 270 g/mol. The molecule has 106 valence electrons. The summed E-state index contributed by atoms with van der Waals surface area (Å²) in [5.74, 6) is 2.11. The smallest absolute Gasteiger partial charge is 0.303 e. The molecule has 2 heteroatoms. The standard InChI is InChI=1S/C18H22O2/c19-17(20)9-5-4-8-16-14-10-11-15(12-14)18(16)13-6-2-1-3-7-13/h1-3,6-7,10-11,14-16,18H,4-5,8-9,12H2,(H,19,20). The van der Waals surface area contributed by atoms with Crippen molar-refractivity contribution in [2.24, 2.45) is 17.8 Å². The summed E-state index contributed by atoms with van der Waals surface area (Å²) < 4.78 is 0. The fraction of sp³-hybridized carbons (Fsp3) is 0.500. The third-order valence-electron chi connectivity index (χ3n) is 4.98. The molecule has 0 radical (unpaired) electrons.